The van der Waals surface area contributed by atoms with Gasteiger partial charge in [-0.25, -0.2) is 4.98 Å². The Morgan fingerprint density at radius 2 is 2.07 bits per heavy atom. The summed E-state index contributed by atoms with van der Waals surface area (Å²) in [6, 6.07) is 12.2. The summed E-state index contributed by atoms with van der Waals surface area (Å²) in [7, 11) is 1.80. The Morgan fingerprint density at radius 1 is 1.26 bits per heavy atom. The third-order valence-corrected chi connectivity index (χ3v) is 5.45. The van der Waals surface area contributed by atoms with Crippen LogP contribution in [0.3, 0.4) is 0 Å². The standard InChI is InChI=1S/C20H22BrN5O/c1-13-10-18(25(2)24-13)20(27)22-16-4-3-9-26(12-16)19-8-6-14-5-7-15(21)11-17(14)23-19/h5-8,10-11,16H,3-4,9,12H2,1-2H3,(H,22,27). The summed E-state index contributed by atoms with van der Waals surface area (Å²) < 4.78 is 2.66. The van der Waals surface area contributed by atoms with Crippen molar-refractivity contribution in [3.8, 4) is 0 Å². The SMILES string of the molecule is Cc1cc(C(=O)NC2CCCN(c3ccc4ccc(Br)cc4n3)C2)n(C)n1. The van der Waals surface area contributed by atoms with E-state index in [9.17, 15) is 4.79 Å². The molecule has 140 valence electrons. The third kappa shape index (κ3) is 3.83. The maximum atomic E-state index is 12.6. The van der Waals surface area contributed by atoms with E-state index < -0.39 is 0 Å². The summed E-state index contributed by atoms with van der Waals surface area (Å²) in [5, 5.41) is 8.53. The smallest absolute Gasteiger partial charge is 0.269 e. The Labute approximate surface area is 166 Å². The molecule has 1 aliphatic rings. The van der Waals surface area contributed by atoms with Gasteiger partial charge in [0.05, 0.1) is 11.2 Å². The highest BCUT2D eigenvalue weighted by atomic mass is 79.9. The Morgan fingerprint density at radius 3 is 2.85 bits per heavy atom. The Bertz CT molecular complexity index is 999. The molecule has 3 aromatic rings. The highest BCUT2D eigenvalue weighted by molar-refractivity contribution is 9.10. The number of fused-ring (bicyclic) bond motifs is 1. The van der Waals surface area contributed by atoms with E-state index in [4.69, 9.17) is 4.98 Å². The summed E-state index contributed by atoms with van der Waals surface area (Å²) in [6.07, 6.45) is 1.99. The molecule has 0 radical (unpaired) electrons. The fourth-order valence-electron chi connectivity index (χ4n) is 3.64. The molecule has 0 spiro atoms. The van der Waals surface area contributed by atoms with Crippen LogP contribution in [0.1, 0.15) is 29.0 Å². The lowest BCUT2D eigenvalue weighted by atomic mass is 10.1. The lowest BCUT2D eigenvalue weighted by Crippen LogP contribution is -2.48. The molecule has 1 fully saturated rings. The molecule has 7 heteroatoms. The first-order chi connectivity index (χ1) is 13.0. The molecule has 1 N–H and O–H groups in total. The van der Waals surface area contributed by atoms with Crippen LogP contribution in [0.2, 0.25) is 0 Å². The molecule has 4 rings (SSSR count). The maximum absolute atomic E-state index is 12.6. The molecule has 1 atom stereocenters. The van der Waals surface area contributed by atoms with Crippen molar-refractivity contribution in [1.29, 1.82) is 0 Å². The third-order valence-electron chi connectivity index (χ3n) is 4.95. The van der Waals surface area contributed by atoms with Crippen LogP contribution in [0.15, 0.2) is 40.9 Å². The molecule has 6 nitrogen and oxygen atoms in total. The summed E-state index contributed by atoms with van der Waals surface area (Å²) in [5.41, 5.74) is 2.41. The normalized spacial score (nSPS) is 17.3. The zero-order chi connectivity index (χ0) is 19.0. The first-order valence-electron chi connectivity index (χ1n) is 9.12. The minimum atomic E-state index is -0.0691. The molecular formula is C20H22BrN5O. The van der Waals surface area contributed by atoms with Crippen LogP contribution in [0.4, 0.5) is 5.82 Å². The van der Waals surface area contributed by atoms with E-state index >= 15 is 0 Å². The monoisotopic (exact) mass is 427 g/mol. The van der Waals surface area contributed by atoms with Crippen molar-refractivity contribution >= 4 is 38.6 Å². The number of nitrogens with one attached hydrogen (secondary N) is 1. The summed E-state index contributed by atoms with van der Waals surface area (Å²) >= 11 is 3.51. The van der Waals surface area contributed by atoms with Crippen molar-refractivity contribution < 1.29 is 4.79 Å². The molecule has 0 bridgehead atoms. The average Bonchev–Trinajstić information content (AvgIpc) is 2.99. The van der Waals surface area contributed by atoms with Crippen LogP contribution in [0.25, 0.3) is 10.9 Å². The molecule has 1 unspecified atom stereocenters. The van der Waals surface area contributed by atoms with Gasteiger partial charge < -0.3 is 10.2 Å². The summed E-state index contributed by atoms with van der Waals surface area (Å²) in [5.74, 6) is 0.885. The van der Waals surface area contributed by atoms with Crippen LogP contribution < -0.4 is 10.2 Å². The number of rotatable bonds is 3. The van der Waals surface area contributed by atoms with Gasteiger partial charge in [0.2, 0.25) is 0 Å². The predicted molar refractivity (Wildman–Crippen MR) is 110 cm³/mol. The Balaban J connectivity index is 1.49. The lowest BCUT2D eigenvalue weighted by Gasteiger charge is -2.34. The molecular weight excluding hydrogens is 406 g/mol. The highest BCUT2D eigenvalue weighted by Gasteiger charge is 2.24. The molecule has 1 saturated heterocycles. The number of hydrogen-bond donors (Lipinski definition) is 1. The van der Waals surface area contributed by atoms with E-state index in [2.05, 4.69) is 49.4 Å². The zero-order valence-electron chi connectivity index (χ0n) is 15.4. The molecule has 3 heterocycles. The van der Waals surface area contributed by atoms with Gasteiger partial charge in [0.25, 0.3) is 5.91 Å². The van der Waals surface area contributed by atoms with E-state index in [1.807, 2.05) is 25.1 Å². The number of amides is 1. The molecule has 1 aliphatic heterocycles. The quantitative estimate of drug-likeness (QED) is 0.695. The summed E-state index contributed by atoms with van der Waals surface area (Å²) in [6.45, 7) is 3.60. The van der Waals surface area contributed by atoms with E-state index in [1.54, 1.807) is 11.7 Å². The Kier molecular flexibility index (Phi) is 4.86. The number of aryl methyl sites for hydroxylation is 2. The van der Waals surface area contributed by atoms with Crippen molar-refractivity contribution in [3.05, 3.63) is 52.3 Å². The second kappa shape index (κ2) is 7.31. The molecule has 27 heavy (non-hydrogen) atoms. The molecule has 0 saturated carbocycles. The second-order valence-electron chi connectivity index (χ2n) is 7.06. The first kappa shape index (κ1) is 18.0. The minimum absolute atomic E-state index is 0.0691. The number of anilines is 1. The number of halogens is 1. The maximum Gasteiger partial charge on any atom is 0.269 e. The number of benzene rings is 1. The van der Waals surface area contributed by atoms with Crippen molar-refractivity contribution in [1.82, 2.24) is 20.1 Å². The summed E-state index contributed by atoms with van der Waals surface area (Å²) in [4.78, 5) is 19.7. The van der Waals surface area contributed by atoms with Crippen LogP contribution in [0.5, 0.6) is 0 Å². The van der Waals surface area contributed by atoms with Crippen LogP contribution in [-0.2, 0) is 7.05 Å². The van der Waals surface area contributed by atoms with Crippen molar-refractivity contribution in [3.63, 3.8) is 0 Å². The van der Waals surface area contributed by atoms with Crippen LogP contribution in [0, 0.1) is 6.92 Å². The zero-order valence-corrected chi connectivity index (χ0v) is 17.0. The van der Waals surface area contributed by atoms with E-state index in [0.717, 1.165) is 52.8 Å². The van der Waals surface area contributed by atoms with Gasteiger partial charge in [-0.05, 0) is 50.1 Å². The number of carbonyl (C=O) groups is 1. The topological polar surface area (TPSA) is 63.1 Å². The number of pyridine rings is 1. The van der Waals surface area contributed by atoms with Gasteiger partial charge in [-0.15, -0.1) is 0 Å². The molecule has 1 amide bonds. The molecule has 2 aromatic heterocycles. The van der Waals surface area contributed by atoms with Crippen LogP contribution in [-0.4, -0.2) is 39.8 Å². The fourth-order valence-corrected chi connectivity index (χ4v) is 3.99. The second-order valence-corrected chi connectivity index (χ2v) is 7.98. The fraction of sp³-hybridized carbons (Fsp3) is 0.350. The molecule has 0 aliphatic carbocycles. The van der Waals surface area contributed by atoms with Gasteiger partial charge in [-0.3, -0.25) is 9.48 Å². The predicted octanol–water partition coefficient (Wildman–Crippen LogP) is 3.44. The van der Waals surface area contributed by atoms with E-state index in [0.29, 0.717) is 5.69 Å². The number of piperidine rings is 1. The minimum Gasteiger partial charge on any atom is -0.355 e. The Hall–Kier alpha value is -2.41. The highest BCUT2D eigenvalue weighted by Crippen LogP contribution is 2.24. The van der Waals surface area contributed by atoms with Gasteiger partial charge in [0.1, 0.15) is 11.5 Å². The van der Waals surface area contributed by atoms with Gasteiger partial charge in [0, 0.05) is 36.0 Å². The first-order valence-corrected chi connectivity index (χ1v) is 9.92. The van der Waals surface area contributed by atoms with Crippen molar-refractivity contribution in [2.75, 3.05) is 18.0 Å². The molecule has 1 aromatic carbocycles. The van der Waals surface area contributed by atoms with Gasteiger partial charge >= 0.3 is 0 Å². The average molecular weight is 428 g/mol. The lowest BCUT2D eigenvalue weighted by molar-refractivity contribution is 0.0923. The van der Waals surface area contributed by atoms with Gasteiger partial charge in [0.15, 0.2) is 0 Å². The number of carbonyl (C=O) groups excluding carboxylic acids is 1. The van der Waals surface area contributed by atoms with Crippen molar-refractivity contribution in [2.24, 2.45) is 7.05 Å². The number of hydrogen-bond acceptors (Lipinski definition) is 4. The van der Waals surface area contributed by atoms with E-state index in [-0.39, 0.29) is 11.9 Å². The van der Waals surface area contributed by atoms with Gasteiger partial charge in [-0.1, -0.05) is 22.0 Å². The van der Waals surface area contributed by atoms with Gasteiger partial charge in [-0.2, -0.15) is 5.10 Å². The van der Waals surface area contributed by atoms with E-state index in [1.165, 1.54) is 0 Å². The largest absolute Gasteiger partial charge is 0.355 e. The number of nitrogens with zero attached hydrogens (tertiary/aromatic N) is 4. The van der Waals surface area contributed by atoms with Crippen molar-refractivity contribution in [2.45, 2.75) is 25.8 Å². The number of aromatic nitrogens is 3. The van der Waals surface area contributed by atoms with Crippen LogP contribution >= 0.6 is 15.9 Å².